The van der Waals surface area contributed by atoms with Crippen molar-refractivity contribution in [3.8, 4) is 0 Å². The standard InChI is InChI=1S/C30H36N4O5/c1-7-38-26(36)22(15-30(5,6)27(37)39-29(2,3)4)18-12-13-23-21(14-18)24(33-28(31)32-23)25(35)34-16-19-10-8-9-11-20(19)17-34/h8-14,22H,7,15-17H2,1-6H3,(H2,31,32,33). The van der Waals surface area contributed by atoms with Gasteiger partial charge in [-0.3, -0.25) is 14.4 Å². The highest BCUT2D eigenvalue weighted by Gasteiger charge is 2.38. The van der Waals surface area contributed by atoms with Crippen LogP contribution < -0.4 is 5.73 Å². The van der Waals surface area contributed by atoms with E-state index in [1.807, 2.05) is 24.3 Å². The molecule has 9 nitrogen and oxygen atoms in total. The average molecular weight is 533 g/mol. The maximum atomic E-state index is 13.7. The van der Waals surface area contributed by atoms with Crippen molar-refractivity contribution in [2.45, 2.75) is 72.6 Å². The van der Waals surface area contributed by atoms with Gasteiger partial charge in [0.05, 0.1) is 23.5 Å². The van der Waals surface area contributed by atoms with Crippen molar-refractivity contribution in [2.24, 2.45) is 5.41 Å². The Morgan fingerprint density at radius 3 is 2.23 bits per heavy atom. The van der Waals surface area contributed by atoms with Crippen molar-refractivity contribution in [1.29, 1.82) is 0 Å². The van der Waals surface area contributed by atoms with Crippen LogP contribution in [0.2, 0.25) is 0 Å². The second-order valence-corrected chi connectivity index (χ2v) is 11.5. The third-order valence-electron chi connectivity index (χ3n) is 6.71. The van der Waals surface area contributed by atoms with Crippen molar-refractivity contribution < 1.29 is 23.9 Å². The highest BCUT2D eigenvalue weighted by Crippen LogP contribution is 2.36. The molecule has 0 saturated carbocycles. The van der Waals surface area contributed by atoms with Gasteiger partial charge < -0.3 is 20.1 Å². The maximum Gasteiger partial charge on any atom is 0.313 e. The lowest BCUT2D eigenvalue weighted by molar-refractivity contribution is -0.166. The van der Waals surface area contributed by atoms with Crippen molar-refractivity contribution >= 4 is 34.7 Å². The monoisotopic (exact) mass is 532 g/mol. The van der Waals surface area contributed by atoms with Crippen LogP contribution in [0.1, 0.15) is 81.1 Å². The minimum atomic E-state index is -0.989. The number of nitrogen functional groups attached to an aromatic ring is 1. The molecule has 0 radical (unpaired) electrons. The molecule has 0 spiro atoms. The van der Waals surface area contributed by atoms with Crippen LogP contribution in [0.4, 0.5) is 5.95 Å². The predicted octanol–water partition coefficient (Wildman–Crippen LogP) is 4.77. The molecule has 2 N–H and O–H groups in total. The van der Waals surface area contributed by atoms with Crippen molar-refractivity contribution in [3.63, 3.8) is 0 Å². The fourth-order valence-electron chi connectivity index (χ4n) is 4.76. The quantitative estimate of drug-likeness (QED) is 0.431. The molecule has 2 aromatic carbocycles. The van der Waals surface area contributed by atoms with E-state index in [2.05, 4.69) is 9.97 Å². The molecule has 0 aliphatic carbocycles. The molecule has 206 valence electrons. The molecule has 1 aliphatic rings. The van der Waals surface area contributed by atoms with Gasteiger partial charge in [-0.15, -0.1) is 0 Å². The Kier molecular flexibility index (Phi) is 7.63. The molecule has 1 amide bonds. The molecule has 1 aliphatic heterocycles. The Morgan fingerprint density at radius 2 is 1.64 bits per heavy atom. The molecule has 39 heavy (non-hydrogen) atoms. The van der Waals surface area contributed by atoms with Crippen LogP contribution in [0.5, 0.6) is 0 Å². The Morgan fingerprint density at radius 1 is 1.00 bits per heavy atom. The molecule has 0 bridgehead atoms. The number of hydrogen-bond donors (Lipinski definition) is 1. The number of ether oxygens (including phenoxy) is 2. The number of benzene rings is 2. The Labute approximate surface area is 228 Å². The normalized spacial score (nSPS) is 14.2. The van der Waals surface area contributed by atoms with E-state index >= 15 is 0 Å². The van der Waals surface area contributed by atoms with E-state index in [1.54, 1.807) is 64.6 Å². The number of fused-ring (bicyclic) bond motifs is 2. The number of hydrogen-bond acceptors (Lipinski definition) is 8. The predicted molar refractivity (Wildman–Crippen MR) is 148 cm³/mol. The zero-order valence-corrected chi connectivity index (χ0v) is 23.4. The number of carbonyl (C=O) groups is 3. The fraction of sp³-hybridized carbons (Fsp3) is 0.433. The lowest BCUT2D eigenvalue weighted by Gasteiger charge is -2.31. The van der Waals surface area contributed by atoms with E-state index in [0.717, 1.165) is 11.1 Å². The molecular weight excluding hydrogens is 496 g/mol. The average Bonchev–Trinajstić information content (AvgIpc) is 3.29. The smallest absolute Gasteiger partial charge is 0.313 e. The van der Waals surface area contributed by atoms with Crippen molar-refractivity contribution in [1.82, 2.24) is 14.9 Å². The van der Waals surface area contributed by atoms with Crippen LogP contribution in [-0.4, -0.2) is 44.9 Å². The van der Waals surface area contributed by atoms with Gasteiger partial charge in [-0.05, 0) is 76.8 Å². The first-order valence-corrected chi connectivity index (χ1v) is 13.1. The third kappa shape index (κ3) is 6.19. The molecule has 1 atom stereocenters. The first-order chi connectivity index (χ1) is 18.3. The maximum absolute atomic E-state index is 13.7. The van der Waals surface area contributed by atoms with E-state index < -0.39 is 28.9 Å². The van der Waals surface area contributed by atoms with Gasteiger partial charge in [0.25, 0.3) is 5.91 Å². The summed E-state index contributed by atoms with van der Waals surface area (Å²) in [5.41, 5.74) is 7.74. The lowest BCUT2D eigenvalue weighted by atomic mass is 9.79. The van der Waals surface area contributed by atoms with Crippen LogP contribution in [0.15, 0.2) is 42.5 Å². The molecule has 1 unspecified atom stereocenters. The summed E-state index contributed by atoms with van der Waals surface area (Å²) in [6.45, 7) is 11.8. The number of esters is 2. The van der Waals surface area contributed by atoms with Gasteiger partial charge in [0.15, 0.2) is 0 Å². The van der Waals surface area contributed by atoms with Crippen LogP contribution in [0.3, 0.4) is 0 Å². The van der Waals surface area contributed by atoms with Gasteiger partial charge in [-0.2, -0.15) is 0 Å². The molecular formula is C30H36N4O5. The first-order valence-electron chi connectivity index (χ1n) is 13.1. The molecule has 0 saturated heterocycles. The molecule has 9 heteroatoms. The second-order valence-electron chi connectivity index (χ2n) is 11.5. The second kappa shape index (κ2) is 10.6. The third-order valence-corrected chi connectivity index (χ3v) is 6.71. The summed E-state index contributed by atoms with van der Waals surface area (Å²) >= 11 is 0. The first kappa shape index (κ1) is 28.0. The number of anilines is 1. The zero-order chi connectivity index (χ0) is 28.5. The Bertz CT molecular complexity index is 1400. The highest BCUT2D eigenvalue weighted by molar-refractivity contribution is 6.05. The number of carbonyl (C=O) groups excluding carboxylic acids is 3. The van der Waals surface area contributed by atoms with Crippen molar-refractivity contribution in [3.05, 3.63) is 64.8 Å². The molecule has 4 rings (SSSR count). The van der Waals surface area contributed by atoms with E-state index in [1.165, 1.54) is 0 Å². The molecule has 1 aromatic heterocycles. The Balaban J connectivity index is 1.72. The van der Waals surface area contributed by atoms with Crippen LogP contribution in [-0.2, 0) is 32.2 Å². The van der Waals surface area contributed by atoms with Crippen LogP contribution >= 0.6 is 0 Å². The van der Waals surface area contributed by atoms with Gasteiger partial charge in [0.2, 0.25) is 5.95 Å². The lowest BCUT2D eigenvalue weighted by Crippen LogP contribution is -2.36. The number of amides is 1. The number of aromatic nitrogens is 2. The van der Waals surface area contributed by atoms with Gasteiger partial charge in [-0.25, -0.2) is 9.97 Å². The van der Waals surface area contributed by atoms with Gasteiger partial charge in [0, 0.05) is 18.5 Å². The van der Waals surface area contributed by atoms with Gasteiger partial charge >= 0.3 is 11.9 Å². The minimum Gasteiger partial charge on any atom is -0.466 e. The minimum absolute atomic E-state index is 0.0108. The Hall–Kier alpha value is -4.01. The van der Waals surface area contributed by atoms with Gasteiger partial charge in [-0.1, -0.05) is 30.3 Å². The number of nitrogens with two attached hydrogens (primary N) is 1. The summed E-state index contributed by atoms with van der Waals surface area (Å²) < 4.78 is 11.0. The number of nitrogens with zero attached hydrogens (tertiary/aromatic N) is 3. The molecule has 2 heterocycles. The largest absolute Gasteiger partial charge is 0.466 e. The summed E-state index contributed by atoms with van der Waals surface area (Å²) in [6, 6.07) is 13.1. The molecule has 0 fully saturated rings. The SMILES string of the molecule is CCOC(=O)C(CC(C)(C)C(=O)OC(C)(C)C)c1ccc2nc(N)nc(C(=O)N3Cc4ccccc4C3)c2c1. The van der Waals surface area contributed by atoms with E-state index in [4.69, 9.17) is 15.2 Å². The van der Waals surface area contributed by atoms with Crippen molar-refractivity contribution in [2.75, 3.05) is 12.3 Å². The summed E-state index contributed by atoms with van der Waals surface area (Å²) in [5.74, 6) is -1.95. The zero-order valence-electron chi connectivity index (χ0n) is 23.4. The highest BCUT2D eigenvalue weighted by atomic mass is 16.6. The molecule has 3 aromatic rings. The number of rotatable bonds is 7. The van der Waals surface area contributed by atoms with E-state index in [9.17, 15) is 14.4 Å². The van der Waals surface area contributed by atoms with Crippen LogP contribution in [0.25, 0.3) is 10.9 Å². The summed E-state index contributed by atoms with van der Waals surface area (Å²) in [7, 11) is 0. The summed E-state index contributed by atoms with van der Waals surface area (Å²) in [6.07, 6.45) is 0.146. The van der Waals surface area contributed by atoms with Crippen LogP contribution in [0, 0.1) is 5.41 Å². The van der Waals surface area contributed by atoms with E-state index in [-0.39, 0.29) is 30.6 Å². The summed E-state index contributed by atoms with van der Waals surface area (Å²) in [5, 5.41) is 0.479. The topological polar surface area (TPSA) is 125 Å². The van der Waals surface area contributed by atoms with E-state index in [0.29, 0.717) is 29.6 Å². The summed E-state index contributed by atoms with van der Waals surface area (Å²) in [4.78, 5) is 50.2. The fourth-order valence-corrected chi connectivity index (χ4v) is 4.76. The van der Waals surface area contributed by atoms with Gasteiger partial charge in [0.1, 0.15) is 11.3 Å².